The van der Waals surface area contributed by atoms with Crippen LogP contribution < -0.4 is 4.74 Å². The average molecular weight is 619 g/mol. The second-order valence-electron chi connectivity index (χ2n) is 7.00. The number of hydrogen-bond donors (Lipinski definition) is 2. The van der Waals surface area contributed by atoms with Gasteiger partial charge in [-0.2, -0.15) is 74.6 Å². The van der Waals surface area contributed by atoms with Crippen LogP contribution in [0.1, 0.15) is 11.1 Å². The van der Waals surface area contributed by atoms with Crippen molar-refractivity contribution in [3.63, 3.8) is 0 Å². The average Bonchev–Trinajstić information content (AvgIpc) is 2.77. The molecular formula is C17H8ClF17O3. The maximum Gasteiger partial charge on any atom is 0.460 e. The smallest absolute Gasteiger partial charge is 0.429 e. The van der Waals surface area contributed by atoms with Gasteiger partial charge in [0.2, 0.25) is 5.83 Å². The zero-order valence-corrected chi connectivity index (χ0v) is 17.9. The molecule has 0 amide bonds. The van der Waals surface area contributed by atoms with Gasteiger partial charge in [-0.3, -0.25) is 0 Å². The highest BCUT2D eigenvalue weighted by molar-refractivity contribution is 6.31. The van der Waals surface area contributed by atoms with Crippen molar-refractivity contribution >= 4 is 11.6 Å². The van der Waals surface area contributed by atoms with E-state index in [1.54, 1.807) is 0 Å². The summed E-state index contributed by atoms with van der Waals surface area (Å²) >= 11 is 5.54. The third kappa shape index (κ3) is 4.93. The molecule has 0 saturated heterocycles. The van der Waals surface area contributed by atoms with Crippen LogP contribution >= 0.6 is 11.6 Å². The molecule has 0 unspecified atom stereocenters. The highest BCUT2D eigenvalue weighted by Gasteiger charge is 2.93. The molecule has 2 N–H and O–H groups in total. The van der Waals surface area contributed by atoms with Crippen molar-refractivity contribution < 1.29 is 89.6 Å². The van der Waals surface area contributed by atoms with E-state index < -0.39 is 88.7 Å². The van der Waals surface area contributed by atoms with Crippen LogP contribution in [-0.2, 0) is 13.2 Å². The highest BCUT2D eigenvalue weighted by atomic mass is 35.5. The SMILES string of the molecule is OCc1cc(OC(F)=C(F)C(F)(F)C(F)(F)C(F)(F)C(F)(F)C(F)(F)C(F)(F)C(F)(F)F)c(CO)cc1Cl. The summed E-state index contributed by atoms with van der Waals surface area (Å²) in [6.07, 6.45) is -7.82. The molecule has 0 spiro atoms. The molecule has 0 aromatic heterocycles. The molecule has 0 aliphatic carbocycles. The summed E-state index contributed by atoms with van der Waals surface area (Å²) in [6.45, 7) is -2.35. The normalized spacial score (nSPS) is 15.5. The van der Waals surface area contributed by atoms with Crippen molar-refractivity contribution in [2.24, 2.45) is 0 Å². The van der Waals surface area contributed by atoms with Gasteiger partial charge in [-0.1, -0.05) is 11.6 Å². The van der Waals surface area contributed by atoms with E-state index in [1.165, 1.54) is 0 Å². The summed E-state index contributed by atoms with van der Waals surface area (Å²) in [7, 11) is 0. The molecule has 220 valence electrons. The summed E-state index contributed by atoms with van der Waals surface area (Å²) in [4.78, 5) is 0. The van der Waals surface area contributed by atoms with E-state index in [4.69, 9.17) is 21.8 Å². The Labute approximate surface area is 203 Å². The molecule has 1 aromatic rings. The standard InChI is InChI=1S/C17H8ClF17O3/c18-7-1-6(4-37)8(2-5(7)3-36)38-10(20)9(19)11(21,22)12(23,24)13(25,26)14(27,28)15(29,30)16(31,32)17(33,34)35/h1-2,36-37H,3-4H2. The zero-order valence-electron chi connectivity index (χ0n) is 17.2. The summed E-state index contributed by atoms with van der Waals surface area (Å²) in [5.74, 6) is -56.1. The summed E-state index contributed by atoms with van der Waals surface area (Å²) in [6, 6.07) is -2.78. The van der Waals surface area contributed by atoms with Gasteiger partial charge in [0.25, 0.3) is 0 Å². The van der Waals surface area contributed by atoms with Gasteiger partial charge in [-0.05, 0) is 17.7 Å². The zero-order chi connectivity index (χ0) is 30.5. The largest absolute Gasteiger partial charge is 0.460 e. The molecule has 0 atom stereocenters. The van der Waals surface area contributed by atoms with Gasteiger partial charge in [0.15, 0.2) is 0 Å². The summed E-state index contributed by atoms with van der Waals surface area (Å²) in [5.41, 5.74) is -1.31. The first-order chi connectivity index (χ1) is 16.7. The predicted octanol–water partition coefficient (Wildman–Crippen LogP) is 7.19. The number of benzene rings is 1. The fourth-order valence-electron chi connectivity index (χ4n) is 2.35. The van der Waals surface area contributed by atoms with Crippen LogP contribution in [-0.4, -0.2) is 51.9 Å². The van der Waals surface area contributed by atoms with E-state index in [2.05, 4.69) is 4.74 Å². The minimum Gasteiger partial charge on any atom is -0.429 e. The van der Waals surface area contributed by atoms with Gasteiger partial charge in [0, 0.05) is 10.6 Å². The third-order valence-corrected chi connectivity index (χ3v) is 4.90. The van der Waals surface area contributed by atoms with E-state index in [9.17, 15) is 74.6 Å². The van der Waals surface area contributed by atoms with Crippen LogP contribution in [0.3, 0.4) is 0 Å². The van der Waals surface area contributed by atoms with Gasteiger partial charge >= 0.3 is 47.7 Å². The number of ether oxygens (including phenoxy) is 1. The Bertz CT molecular complexity index is 1060. The Morgan fingerprint density at radius 2 is 1.03 bits per heavy atom. The van der Waals surface area contributed by atoms with Crippen LogP contribution in [0.4, 0.5) is 74.6 Å². The monoisotopic (exact) mass is 618 g/mol. The lowest BCUT2D eigenvalue weighted by Gasteiger charge is -2.41. The molecule has 1 rings (SSSR count). The number of hydrogen-bond acceptors (Lipinski definition) is 3. The Morgan fingerprint density at radius 3 is 1.42 bits per heavy atom. The first-order valence-electron chi connectivity index (χ1n) is 8.80. The number of halogens is 18. The number of allylic oxidation sites excluding steroid dienone is 1. The van der Waals surface area contributed by atoms with E-state index in [0.717, 1.165) is 0 Å². The van der Waals surface area contributed by atoms with Gasteiger partial charge in [0.05, 0.1) is 13.2 Å². The molecule has 38 heavy (non-hydrogen) atoms. The highest BCUT2D eigenvalue weighted by Crippen LogP contribution is 2.63. The maximum absolute atomic E-state index is 13.9. The Hall–Kier alpha value is -2.22. The Balaban J connectivity index is 3.68. The third-order valence-electron chi connectivity index (χ3n) is 4.55. The fourth-order valence-corrected chi connectivity index (χ4v) is 2.59. The molecule has 0 aliphatic rings. The summed E-state index contributed by atoms with van der Waals surface area (Å²) < 4.78 is 229. The van der Waals surface area contributed by atoms with Crippen LogP contribution in [0, 0.1) is 0 Å². The quantitative estimate of drug-likeness (QED) is 0.216. The summed E-state index contributed by atoms with van der Waals surface area (Å²) in [5, 5.41) is 17.6. The number of rotatable bonds is 10. The first kappa shape index (κ1) is 33.8. The molecular weight excluding hydrogens is 611 g/mol. The molecule has 0 heterocycles. The number of alkyl halides is 15. The van der Waals surface area contributed by atoms with E-state index in [-0.39, 0.29) is 0 Å². The van der Waals surface area contributed by atoms with Crippen LogP contribution in [0.15, 0.2) is 24.0 Å². The van der Waals surface area contributed by atoms with Crippen molar-refractivity contribution in [2.75, 3.05) is 0 Å². The van der Waals surface area contributed by atoms with E-state index >= 15 is 0 Å². The van der Waals surface area contributed by atoms with Gasteiger partial charge in [-0.15, -0.1) is 0 Å². The molecule has 0 radical (unpaired) electrons. The lowest BCUT2D eigenvalue weighted by molar-refractivity contribution is -0.451. The second kappa shape index (κ2) is 10.1. The van der Waals surface area contributed by atoms with Gasteiger partial charge in [0.1, 0.15) is 5.75 Å². The minimum atomic E-state index is -8.69. The molecule has 0 aliphatic heterocycles. The Kier molecular flexibility index (Phi) is 8.96. The first-order valence-corrected chi connectivity index (χ1v) is 9.18. The van der Waals surface area contributed by atoms with Crippen LogP contribution in [0.2, 0.25) is 5.02 Å². The fraction of sp³-hybridized carbons (Fsp3) is 0.529. The van der Waals surface area contributed by atoms with Crippen molar-refractivity contribution in [3.05, 3.63) is 40.1 Å². The topological polar surface area (TPSA) is 49.7 Å². The molecule has 0 saturated carbocycles. The lowest BCUT2D eigenvalue weighted by Crippen LogP contribution is -2.72. The van der Waals surface area contributed by atoms with Gasteiger partial charge < -0.3 is 14.9 Å². The van der Waals surface area contributed by atoms with Crippen molar-refractivity contribution in [3.8, 4) is 5.75 Å². The molecule has 3 nitrogen and oxygen atoms in total. The van der Waals surface area contributed by atoms with Crippen molar-refractivity contribution in [2.45, 2.75) is 54.9 Å². The van der Waals surface area contributed by atoms with E-state index in [0.29, 0.717) is 12.1 Å². The molecule has 0 bridgehead atoms. The lowest BCUT2D eigenvalue weighted by atomic mass is 9.91. The van der Waals surface area contributed by atoms with E-state index in [1.807, 2.05) is 0 Å². The molecule has 1 aromatic carbocycles. The van der Waals surface area contributed by atoms with Crippen molar-refractivity contribution in [1.29, 1.82) is 0 Å². The Morgan fingerprint density at radius 1 is 0.632 bits per heavy atom. The number of aliphatic hydroxyl groups is 2. The predicted molar refractivity (Wildman–Crippen MR) is 88.9 cm³/mol. The number of aliphatic hydroxyl groups excluding tert-OH is 2. The maximum atomic E-state index is 13.9. The van der Waals surface area contributed by atoms with Gasteiger partial charge in [-0.25, -0.2) is 0 Å². The van der Waals surface area contributed by atoms with Crippen LogP contribution in [0.5, 0.6) is 5.75 Å². The molecule has 21 heteroatoms. The second-order valence-corrected chi connectivity index (χ2v) is 7.41. The van der Waals surface area contributed by atoms with Crippen molar-refractivity contribution in [1.82, 2.24) is 0 Å². The minimum absolute atomic E-state index is 0.333. The molecule has 0 fully saturated rings. The van der Waals surface area contributed by atoms with Crippen LogP contribution in [0.25, 0.3) is 0 Å².